The molecular formula is C24H24BrN3O2S. The second kappa shape index (κ2) is 9.12. The van der Waals surface area contributed by atoms with Crippen molar-refractivity contribution in [2.75, 3.05) is 0 Å². The highest BCUT2D eigenvalue weighted by Gasteiger charge is 2.32. The number of rotatable bonds is 6. The number of fused-ring (bicyclic) bond motifs is 1. The van der Waals surface area contributed by atoms with E-state index in [0.717, 1.165) is 38.0 Å². The van der Waals surface area contributed by atoms with E-state index in [1.165, 1.54) is 0 Å². The summed E-state index contributed by atoms with van der Waals surface area (Å²) in [5.74, 6) is 0. The summed E-state index contributed by atoms with van der Waals surface area (Å²) in [7, 11) is 0. The Morgan fingerprint density at radius 1 is 1.06 bits per heavy atom. The number of benzene rings is 2. The lowest BCUT2D eigenvalue weighted by Crippen LogP contribution is -2.42. The molecule has 0 fully saturated rings. The molecule has 0 spiro atoms. The fourth-order valence-corrected chi connectivity index (χ4v) is 4.79. The van der Waals surface area contributed by atoms with E-state index in [4.69, 9.17) is 4.52 Å². The smallest absolute Gasteiger partial charge is 0.167 e. The number of hydrogen-bond donors (Lipinski definition) is 1. The molecule has 0 saturated carbocycles. The van der Waals surface area contributed by atoms with Crippen LogP contribution in [0.3, 0.4) is 0 Å². The van der Waals surface area contributed by atoms with Crippen LogP contribution in [0.25, 0.3) is 22.2 Å². The van der Waals surface area contributed by atoms with Crippen LogP contribution in [0.1, 0.15) is 38.1 Å². The van der Waals surface area contributed by atoms with Gasteiger partial charge in [0.1, 0.15) is 10.4 Å². The van der Waals surface area contributed by atoms with Crippen molar-refractivity contribution in [3.8, 4) is 11.3 Å². The summed E-state index contributed by atoms with van der Waals surface area (Å²) < 4.78 is 22.5. The van der Waals surface area contributed by atoms with Gasteiger partial charge in [-0.3, -0.25) is 4.98 Å². The van der Waals surface area contributed by atoms with Crippen molar-refractivity contribution < 1.29 is 9.08 Å². The molecule has 2 aromatic carbocycles. The van der Waals surface area contributed by atoms with Crippen molar-refractivity contribution in [1.82, 2.24) is 14.9 Å². The average Bonchev–Trinajstić information content (AvgIpc) is 3.17. The highest BCUT2D eigenvalue weighted by atomic mass is 79.9. The molecule has 31 heavy (non-hydrogen) atoms. The molecule has 0 saturated heterocycles. The Hall–Kier alpha value is -2.19. The molecule has 160 valence electrons. The summed E-state index contributed by atoms with van der Waals surface area (Å²) in [6.07, 6.45) is 2.36. The van der Waals surface area contributed by atoms with Crippen LogP contribution in [-0.4, -0.2) is 19.4 Å². The summed E-state index contributed by atoms with van der Waals surface area (Å²) >= 11 is 2.45. The predicted octanol–water partition coefficient (Wildman–Crippen LogP) is 5.99. The maximum atomic E-state index is 13.1. The van der Waals surface area contributed by atoms with E-state index in [-0.39, 0.29) is 6.04 Å². The van der Waals surface area contributed by atoms with E-state index in [9.17, 15) is 4.55 Å². The largest absolute Gasteiger partial charge is 0.598 e. The van der Waals surface area contributed by atoms with Crippen LogP contribution in [-0.2, 0) is 17.8 Å². The van der Waals surface area contributed by atoms with Gasteiger partial charge in [0.2, 0.25) is 0 Å². The van der Waals surface area contributed by atoms with Crippen LogP contribution >= 0.6 is 15.9 Å². The first-order valence-electron chi connectivity index (χ1n) is 10.1. The van der Waals surface area contributed by atoms with Crippen LogP contribution in [0, 0.1) is 0 Å². The van der Waals surface area contributed by atoms with Gasteiger partial charge in [0.15, 0.2) is 5.58 Å². The third kappa shape index (κ3) is 4.85. The van der Waals surface area contributed by atoms with Crippen molar-refractivity contribution in [1.29, 1.82) is 0 Å². The number of pyridine rings is 1. The maximum absolute atomic E-state index is 13.1. The molecule has 1 unspecified atom stereocenters. The Labute approximate surface area is 193 Å². The standard InChI is InChI=1S/C24H24BrN3O2S/c1-24(2,3)31(29)28-20(15-16-9-6-7-14-26-16)17-11-8-12-19(25)22(17)23-18-10-4-5-13-21(18)30-27-23/h4-14,20,28H,15H2,1-3H3/t20-,31?/m0/s1. The van der Waals surface area contributed by atoms with Crippen molar-refractivity contribution >= 4 is 38.3 Å². The summed E-state index contributed by atoms with van der Waals surface area (Å²) in [5.41, 5.74) is 4.31. The van der Waals surface area contributed by atoms with Gasteiger partial charge in [-0.1, -0.05) is 51.4 Å². The number of para-hydroxylation sites is 1. The molecule has 0 aliphatic heterocycles. The molecule has 0 aliphatic rings. The summed E-state index contributed by atoms with van der Waals surface area (Å²) in [4.78, 5) is 4.49. The van der Waals surface area contributed by atoms with E-state index in [2.05, 4.69) is 30.8 Å². The predicted molar refractivity (Wildman–Crippen MR) is 129 cm³/mol. The van der Waals surface area contributed by atoms with Crippen LogP contribution in [0.15, 0.2) is 75.9 Å². The van der Waals surface area contributed by atoms with E-state index < -0.39 is 16.1 Å². The average molecular weight is 498 g/mol. The van der Waals surface area contributed by atoms with E-state index in [0.29, 0.717) is 6.42 Å². The van der Waals surface area contributed by atoms with E-state index >= 15 is 0 Å². The topological polar surface area (TPSA) is 74.0 Å². The zero-order valence-corrected chi connectivity index (χ0v) is 20.0. The summed E-state index contributed by atoms with van der Waals surface area (Å²) in [6, 6.07) is 19.4. The third-order valence-electron chi connectivity index (χ3n) is 4.98. The fraction of sp³-hybridized carbons (Fsp3) is 0.250. The first-order valence-corrected chi connectivity index (χ1v) is 12.0. The van der Waals surface area contributed by atoms with Gasteiger partial charge >= 0.3 is 0 Å². The van der Waals surface area contributed by atoms with Crippen molar-refractivity contribution in [2.24, 2.45) is 0 Å². The van der Waals surface area contributed by atoms with Crippen LogP contribution in [0.2, 0.25) is 0 Å². The monoisotopic (exact) mass is 497 g/mol. The van der Waals surface area contributed by atoms with Gasteiger partial charge in [0.05, 0.1) is 6.04 Å². The quantitative estimate of drug-likeness (QED) is 0.331. The van der Waals surface area contributed by atoms with Gasteiger partial charge in [0.25, 0.3) is 0 Å². The first kappa shape index (κ1) is 22.0. The minimum atomic E-state index is -1.27. The van der Waals surface area contributed by atoms with Gasteiger partial charge < -0.3 is 9.08 Å². The Morgan fingerprint density at radius 2 is 1.84 bits per heavy atom. The number of nitrogens with one attached hydrogen (secondary N) is 1. The second-order valence-electron chi connectivity index (χ2n) is 8.31. The van der Waals surface area contributed by atoms with Gasteiger partial charge in [-0.15, -0.1) is 4.72 Å². The lowest BCUT2D eigenvalue weighted by Gasteiger charge is -2.29. The molecule has 4 rings (SSSR count). The lowest BCUT2D eigenvalue weighted by molar-refractivity contribution is 0.459. The number of aromatic nitrogens is 2. The van der Waals surface area contributed by atoms with Gasteiger partial charge in [0, 0.05) is 45.1 Å². The van der Waals surface area contributed by atoms with Gasteiger partial charge in [-0.05, 0) is 56.7 Å². The number of halogens is 1. The minimum absolute atomic E-state index is 0.238. The second-order valence-corrected chi connectivity index (χ2v) is 11.2. The Balaban J connectivity index is 1.84. The Kier molecular flexibility index (Phi) is 6.48. The molecule has 0 aliphatic carbocycles. The zero-order chi connectivity index (χ0) is 22.0. The zero-order valence-electron chi connectivity index (χ0n) is 17.6. The van der Waals surface area contributed by atoms with Crippen LogP contribution < -0.4 is 4.72 Å². The molecule has 4 aromatic rings. The van der Waals surface area contributed by atoms with Crippen LogP contribution in [0.4, 0.5) is 0 Å². The molecule has 7 heteroatoms. The molecule has 0 bridgehead atoms. The molecule has 2 heterocycles. The van der Waals surface area contributed by atoms with Gasteiger partial charge in [-0.2, -0.15) is 0 Å². The molecule has 0 radical (unpaired) electrons. The number of hydrogen-bond acceptors (Lipinski definition) is 5. The highest BCUT2D eigenvalue weighted by Crippen LogP contribution is 2.39. The molecule has 0 amide bonds. The van der Waals surface area contributed by atoms with Crippen molar-refractivity contribution in [2.45, 2.75) is 38.0 Å². The maximum Gasteiger partial charge on any atom is 0.167 e. The minimum Gasteiger partial charge on any atom is -0.598 e. The van der Waals surface area contributed by atoms with Crippen molar-refractivity contribution in [3.05, 3.63) is 82.6 Å². The van der Waals surface area contributed by atoms with E-state index in [1.54, 1.807) is 6.20 Å². The Bertz CT molecular complexity index is 1170. The summed E-state index contributed by atoms with van der Waals surface area (Å²) in [6.45, 7) is 5.88. The van der Waals surface area contributed by atoms with Gasteiger partial charge in [-0.25, -0.2) is 0 Å². The number of nitrogens with zero attached hydrogens (tertiary/aromatic N) is 2. The highest BCUT2D eigenvalue weighted by molar-refractivity contribution is 9.10. The molecule has 1 N–H and O–H groups in total. The summed E-state index contributed by atoms with van der Waals surface area (Å²) in [5, 5.41) is 5.31. The van der Waals surface area contributed by atoms with Crippen LogP contribution in [0.5, 0.6) is 0 Å². The van der Waals surface area contributed by atoms with E-state index in [1.807, 2.05) is 81.4 Å². The molecule has 2 aromatic heterocycles. The molecule has 2 atom stereocenters. The lowest BCUT2D eigenvalue weighted by atomic mass is 9.94. The first-order chi connectivity index (χ1) is 14.8. The molecular weight excluding hydrogens is 474 g/mol. The third-order valence-corrected chi connectivity index (χ3v) is 7.25. The van der Waals surface area contributed by atoms with Crippen molar-refractivity contribution in [3.63, 3.8) is 0 Å². The Morgan fingerprint density at radius 3 is 2.58 bits per heavy atom. The molecule has 5 nitrogen and oxygen atoms in total. The SMILES string of the molecule is CC(C)(C)[S+]([O-])N[C@@H](Cc1ccccn1)c1cccc(Br)c1-c1noc2ccccc12. The fourth-order valence-electron chi connectivity index (χ4n) is 3.40. The normalized spacial score (nSPS) is 14.0.